The van der Waals surface area contributed by atoms with Crippen LogP contribution in [-0.4, -0.2) is 46.1 Å². The van der Waals surface area contributed by atoms with E-state index in [1.807, 2.05) is 30.0 Å². The smallest absolute Gasteiger partial charge is 0.251 e. The normalized spacial score (nSPS) is 20.4. The predicted octanol–water partition coefficient (Wildman–Crippen LogP) is 2.44. The maximum atomic E-state index is 12.5. The van der Waals surface area contributed by atoms with Gasteiger partial charge in [-0.25, -0.2) is 9.97 Å². The molecule has 0 bridgehead atoms. The fourth-order valence-corrected chi connectivity index (χ4v) is 4.18. The number of hydrogen-bond donors (Lipinski definition) is 3. The lowest BCUT2D eigenvalue weighted by molar-refractivity contribution is -0.117. The van der Waals surface area contributed by atoms with E-state index >= 15 is 0 Å². The molecule has 1 aliphatic heterocycles. The average molecular weight is 412 g/mol. The molecule has 0 unspecified atom stereocenters. The van der Waals surface area contributed by atoms with E-state index in [4.69, 9.17) is 5.11 Å². The summed E-state index contributed by atoms with van der Waals surface area (Å²) < 4.78 is 0. The summed E-state index contributed by atoms with van der Waals surface area (Å²) in [6.07, 6.45) is 2.50. The molecule has 30 heavy (non-hydrogen) atoms. The highest BCUT2D eigenvalue weighted by molar-refractivity contribution is 5.98. The molecule has 0 aliphatic carbocycles. The number of aryl methyl sites for hydroxylation is 1. The third-order valence-electron chi connectivity index (χ3n) is 5.58. The minimum atomic E-state index is -0.267. The molecule has 3 atom stereocenters. The minimum absolute atomic E-state index is 0.00590. The van der Waals surface area contributed by atoms with E-state index in [2.05, 4.69) is 34.4 Å². The summed E-state index contributed by atoms with van der Waals surface area (Å²) in [5.41, 5.74) is 2.97. The lowest BCUT2D eigenvalue weighted by Crippen LogP contribution is -2.49. The topological polar surface area (TPSA) is 107 Å². The van der Waals surface area contributed by atoms with E-state index in [0.29, 0.717) is 11.5 Å². The number of benzene rings is 1. The van der Waals surface area contributed by atoms with Crippen LogP contribution in [0, 0.1) is 12.8 Å². The third kappa shape index (κ3) is 4.28. The van der Waals surface area contributed by atoms with Crippen molar-refractivity contribution in [2.75, 3.05) is 23.4 Å². The Morgan fingerprint density at radius 3 is 2.67 bits per heavy atom. The number of hydrogen-bond acceptors (Lipinski definition) is 6. The summed E-state index contributed by atoms with van der Waals surface area (Å²) >= 11 is 0. The fourth-order valence-electron chi connectivity index (χ4n) is 4.18. The number of aromatic nitrogens is 2. The van der Waals surface area contributed by atoms with Crippen LogP contribution in [-0.2, 0) is 4.79 Å². The lowest BCUT2D eigenvalue weighted by atomic mass is 9.80. The van der Waals surface area contributed by atoms with Crippen LogP contribution in [0.1, 0.15) is 54.8 Å². The number of aliphatic hydroxyl groups is 1. The Labute approximate surface area is 176 Å². The molecule has 0 radical (unpaired) electrons. The molecule has 2 heterocycles. The number of nitrogens with zero attached hydrogens (tertiary/aromatic N) is 3. The fraction of sp³-hybridized carbons (Fsp3) is 0.455. The third-order valence-corrected chi connectivity index (χ3v) is 5.58. The summed E-state index contributed by atoms with van der Waals surface area (Å²) in [7, 11) is 0. The first kappa shape index (κ1) is 21.7. The summed E-state index contributed by atoms with van der Waals surface area (Å²) in [6.45, 7) is 7.69. The molecule has 0 spiro atoms. The number of carbonyl (C=O) groups is 2. The SMILES string of the molecule is CC[C@H]1[C@H](C)[C@@H](Nc2nccc(C)n2)c2cc(C(=O)NCCO)ccc2N1C(C)=O. The Morgan fingerprint density at radius 2 is 2.03 bits per heavy atom. The van der Waals surface area contributed by atoms with E-state index in [0.717, 1.165) is 23.4 Å². The van der Waals surface area contributed by atoms with Crippen LogP contribution in [0.5, 0.6) is 0 Å². The molecule has 2 aromatic rings. The van der Waals surface area contributed by atoms with Crippen molar-refractivity contribution >= 4 is 23.5 Å². The van der Waals surface area contributed by atoms with E-state index in [1.165, 1.54) is 0 Å². The second kappa shape index (κ2) is 9.21. The number of aliphatic hydroxyl groups excluding tert-OH is 1. The molecule has 3 N–H and O–H groups in total. The highest BCUT2D eigenvalue weighted by Gasteiger charge is 2.40. The van der Waals surface area contributed by atoms with E-state index < -0.39 is 0 Å². The molecule has 8 nitrogen and oxygen atoms in total. The van der Waals surface area contributed by atoms with Gasteiger partial charge in [0.25, 0.3) is 5.91 Å². The maximum Gasteiger partial charge on any atom is 0.251 e. The number of carbonyl (C=O) groups excluding carboxylic acids is 2. The second-order valence-corrected chi connectivity index (χ2v) is 7.62. The van der Waals surface area contributed by atoms with Gasteiger partial charge in [-0.2, -0.15) is 0 Å². The van der Waals surface area contributed by atoms with Gasteiger partial charge >= 0.3 is 0 Å². The number of anilines is 2. The van der Waals surface area contributed by atoms with Gasteiger partial charge in [-0.15, -0.1) is 0 Å². The van der Waals surface area contributed by atoms with Crippen molar-refractivity contribution in [1.29, 1.82) is 0 Å². The zero-order valence-electron chi connectivity index (χ0n) is 17.8. The number of amides is 2. The van der Waals surface area contributed by atoms with Crippen LogP contribution < -0.4 is 15.5 Å². The highest BCUT2D eigenvalue weighted by atomic mass is 16.3. The van der Waals surface area contributed by atoms with Crippen LogP contribution >= 0.6 is 0 Å². The van der Waals surface area contributed by atoms with Gasteiger partial charge in [0.2, 0.25) is 11.9 Å². The first-order valence-electron chi connectivity index (χ1n) is 10.3. The van der Waals surface area contributed by atoms with Crippen molar-refractivity contribution in [2.24, 2.45) is 5.92 Å². The van der Waals surface area contributed by atoms with Gasteiger partial charge in [0, 0.05) is 48.6 Å². The van der Waals surface area contributed by atoms with Crippen LogP contribution in [0.3, 0.4) is 0 Å². The molecular formula is C22H29N5O3. The monoisotopic (exact) mass is 411 g/mol. The molecule has 1 aliphatic rings. The standard InChI is InChI=1S/C22H29N5O3/c1-5-18-14(3)20(26-22-24-9-8-13(2)25-22)17-12-16(21(30)23-10-11-28)6-7-19(17)27(18)15(4)29/h6-9,12,14,18,20,28H,5,10-11H2,1-4H3,(H,23,30)(H,24,25,26)/t14-,18-,20+/m0/s1. The van der Waals surface area contributed by atoms with Gasteiger partial charge in [-0.3, -0.25) is 9.59 Å². The summed E-state index contributed by atoms with van der Waals surface area (Å²) in [4.78, 5) is 35.6. The van der Waals surface area contributed by atoms with Gasteiger partial charge in [0.15, 0.2) is 0 Å². The van der Waals surface area contributed by atoms with Crippen LogP contribution in [0.4, 0.5) is 11.6 Å². The van der Waals surface area contributed by atoms with Crippen molar-refractivity contribution in [3.05, 3.63) is 47.3 Å². The molecule has 0 saturated carbocycles. The summed E-state index contributed by atoms with van der Waals surface area (Å²) in [6, 6.07) is 7.02. The van der Waals surface area contributed by atoms with Gasteiger partial charge in [0.05, 0.1) is 12.6 Å². The largest absolute Gasteiger partial charge is 0.395 e. The Balaban J connectivity index is 2.08. The van der Waals surface area contributed by atoms with E-state index in [-0.39, 0.29) is 43.0 Å². The molecule has 0 fully saturated rings. The van der Waals surface area contributed by atoms with Crippen LogP contribution in [0.15, 0.2) is 30.5 Å². The Morgan fingerprint density at radius 1 is 1.27 bits per heavy atom. The molecule has 1 aromatic heterocycles. The van der Waals surface area contributed by atoms with Crippen molar-refractivity contribution in [3.8, 4) is 0 Å². The van der Waals surface area contributed by atoms with Crippen molar-refractivity contribution < 1.29 is 14.7 Å². The maximum absolute atomic E-state index is 12.5. The van der Waals surface area contributed by atoms with Crippen LogP contribution in [0.25, 0.3) is 0 Å². The Kier molecular flexibility index (Phi) is 6.66. The van der Waals surface area contributed by atoms with Gasteiger partial charge in [-0.1, -0.05) is 13.8 Å². The van der Waals surface area contributed by atoms with Crippen LogP contribution in [0.2, 0.25) is 0 Å². The Hall–Kier alpha value is -3.00. The van der Waals surface area contributed by atoms with Gasteiger partial charge in [0.1, 0.15) is 0 Å². The van der Waals surface area contributed by atoms with E-state index in [1.54, 1.807) is 19.2 Å². The number of fused-ring (bicyclic) bond motifs is 1. The van der Waals surface area contributed by atoms with E-state index in [9.17, 15) is 9.59 Å². The van der Waals surface area contributed by atoms with Crippen molar-refractivity contribution in [3.63, 3.8) is 0 Å². The lowest BCUT2D eigenvalue weighted by Gasteiger charge is -2.45. The highest BCUT2D eigenvalue weighted by Crippen LogP contribution is 2.43. The molecular weight excluding hydrogens is 382 g/mol. The average Bonchev–Trinajstić information content (AvgIpc) is 2.72. The van der Waals surface area contributed by atoms with Crippen molar-refractivity contribution in [2.45, 2.75) is 46.2 Å². The molecule has 0 saturated heterocycles. The number of nitrogens with one attached hydrogen (secondary N) is 2. The molecule has 2 amide bonds. The molecule has 1 aromatic carbocycles. The summed E-state index contributed by atoms with van der Waals surface area (Å²) in [5.74, 6) is 0.278. The zero-order valence-corrected chi connectivity index (χ0v) is 17.8. The quantitative estimate of drug-likeness (QED) is 0.674. The van der Waals surface area contributed by atoms with Gasteiger partial charge < -0.3 is 20.6 Å². The predicted molar refractivity (Wildman–Crippen MR) is 115 cm³/mol. The van der Waals surface area contributed by atoms with Gasteiger partial charge in [-0.05, 0) is 43.2 Å². The second-order valence-electron chi connectivity index (χ2n) is 7.62. The molecule has 160 valence electrons. The first-order valence-corrected chi connectivity index (χ1v) is 10.3. The Bertz CT molecular complexity index is 933. The molecule has 8 heteroatoms. The first-order chi connectivity index (χ1) is 14.4. The van der Waals surface area contributed by atoms with Crippen molar-refractivity contribution in [1.82, 2.24) is 15.3 Å². The zero-order chi connectivity index (χ0) is 21.8. The number of rotatable bonds is 6. The minimum Gasteiger partial charge on any atom is -0.395 e. The molecule has 3 rings (SSSR count). The summed E-state index contributed by atoms with van der Waals surface area (Å²) in [5, 5.41) is 15.1.